The molecule has 2 fully saturated rings. The summed E-state index contributed by atoms with van der Waals surface area (Å²) in [5.41, 5.74) is 0. The molecule has 3 atom stereocenters. The standard InChI is InChI=1S/C14H22O5/c1-6-7-15-8-10-12(19-14(4,5)18-10)11-9-16-13(2,3)17-11/h1,10-12H,7-9H2,2-5H3/t10-,11-,12+/m0/s1. The van der Waals surface area contributed by atoms with Gasteiger partial charge >= 0.3 is 0 Å². The van der Waals surface area contributed by atoms with Crippen molar-refractivity contribution in [3.05, 3.63) is 0 Å². The Hall–Kier alpha value is -0.640. The van der Waals surface area contributed by atoms with Crippen LogP contribution >= 0.6 is 0 Å². The van der Waals surface area contributed by atoms with Crippen LogP contribution in [-0.2, 0) is 23.7 Å². The van der Waals surface area contributed by atoms with Gasteiger partial charge in [0.1, 0.15) is 24.9 Å². The van der Waals surface area contributed by atoms with Crippen LogP contribution in [-0.4, -0.2) is 49.7 Å². The second kappa shape index (κ2) is 5.39. The lowest BCUT2D eigenvalue weighted by atomic mass is 10.1. The Labute approximate surface area is 114 Å². The van der Waals surface area contributed by atoms with E-state index in [1.54, 1.807) is 0 Å². The summed E-state index contributed by atoms with van der Waals surface area (Å²) in [6, 6.07) is 0. The van der Waals surface area contributed by atoms with Crippen molar-refractivity contribution in [2.75, 3.05) is 19.8 Å². The van der Waals surface area contributed by atoms with Gasteiger partial charge in [-0.05, 0) is 27.7 Å². The molecule has 0 aliphatic carbocycles. The van der Waals surface area contributed by atoms with E-state index in [2.05, 4.69) is 5.92 Å². The quantitative estimate of drug-likeness (QED) is 0.569. The molecule has 0 aromatic rings. The van der Waals surface area contributed by atoms with Crippen LogP contribution in [0.4, 0.5) is 0 Å². The van der Waals surface area contributed by atoms with E-state index in [0.29, 0.717) is 13.2 Å². The van der Waals surface area contributed by atoms with E-state index in [-0.39, 0.29) is 24.9 Å². The third-order valence-electron chi connectivity index (χ3n) is 3.09. The first-order valence-electron chi connectivity index (χ1n) is 6.52. The van der Waals surface area contributed by atoms with Gasteiger partial charge in [-0.2, -0.15) is 0 Å². The Bertz CT molecular complexity index is 357. The van der Waals surface area contributed by atoms with Gasteiger partial charge in [-0.25, -0.2) is 0 Å². The van der Waals surface area contributed by atoms with Crippen molar-refractivity contribution in [2.24, 2.45) is 0 Å². The van der Waals surface area contributed by atoms with Crippen molar-refractivity contribution in [1.82, 2.24) is 0 Å². The third-order valence-corrected chi connectivity index (χ3v) is 3.09. The highest BCUT2D eigenvalue weighted by atomic mass is 16.8. The Balaban J connectivity index is 1.98. The van der Waals surface area contributed by atoms with Crippen molar-refractivity contribution in [3.63, 3.8) is 0 Å². The molecule has 5 nitrogen and oxygen atoms in total. The summed E-state index contributed by atoms with van der Waals surface area (Å²) in [4.78, 5) is 0. The molecule has 0 bridgehead atoms. The molecule has 0 radical (unpaired) electrons. The largest absolute Gasteiger partial charge is 0.366 e. The Morgan fingerprint density at radius 2 is 1.89 bits per heavy atom. The van der Waals surface area contributed by atoms with Gasteiger partial charge in [0.15, 0.2) is 11.6 Å². The van der Waals surface area contributed by atoms with Gasteiger partial charge in [-0.3, -0.25) is 0 Å². The molecule has 108 valence electrons. The average Bonchev–Trinajstić information content (AvgIpc) is 2.79. The van der Waals surface area contributed by atoms with Gasteiger partial charge in [-0.1, -0.05) is 5.92 Å². The molecule has 0 aromatic carbocycles. The van der Waals surface area contributed by atoms with Crippen molar-refractivity contribution >= 4 is 0 Å². The maximum Gasteiger partial charge on any atom is 0.164 e. The van der Waals surface area contributed by atoms with Crippen molar-refractivity contribution < 1.29 is 23.7 Å². The summed E-state index contributed by atoms with van der Waals surface area (Å²) in [5, 5.41) is 0. The van der Waals surface area contributed by atoms with Gasteiger partial charge in [0.25, 0.3) is 0 Å². The molecular weight excluding hydrogens is 248 g/mol. The van der Waals surface area contributed by atoms with Crippen LogP contribution in [0.5, 0.6) is 0 Å². The molecule has 2 saturated heterocycles. The van der Waals surface area contributed by atoms with Gasteiger partial charge in [0, 0.05) is 0 Å². The topological polar surface area (TPSA) is 46.2 Å². The number of rotatable bonds is 4. The molecule has 0 N–H and O–H groups in total. The molecule has 19 heavy (non-hydrogen) atoms. The number of hydrogen-bond acceptors (Lipinski definition) is 5. The fourth-order valence-electron chi connectivity index (χ4n) is 2.42. The van der Waals surface area contributed by atoms with E-state index in [4.69, 9.17) is 30.1 Å². The molecule has 0 spiro atoms. The third kappa shape index (κ3) is 3.68. The average molecular weight is 270 g/mol. The molecule has 2 rings (SSSR count). The summed E-state index contributed by atoms with van der Waals surface area (Å²) in [6.45, 7) is 8.67. The zero-order valence-electron chi connectivity index (χ0n) is 12.0. The molecule has 0 saturated carbocycles. The number of hydrogen-bond donors (Lipinski definition) is 0. The predicted molar refractivity (Wildman–Crippen MR) is 68.4 cm³/mol. The molecular formula is C14H22O5. The summed E-state index contributed by atoms with van der Waals surface area (Å²) in [6.07, 6.45) is 4.59. The summed E-state index contributed by atoms with van der Waals surface area (Å²) in [7, 11) is 0. The Kier molecular flexibility index (Phi) is 4.19. The second-order valence-electron chi connectivity index (χ2n) is 5.72. The molecule has 0 unspecified atom stereocenters. The molecule has 2 aliphatic heterocycles. The number of ether oxygens (including phenoxy) is 5. The van der Waals surface area contributed by atoms with E-state index < -0.39 is 11.6 Å². The van der Waals surface area contributed by atoms with E-state index >= 15 is 0 Å². The van der Waals surface area contributed by atoms with Crippen LogP contribution in [0, 0.1) is 12.3 Å². The lowest BCUT2D eigenvalue weighted by Crippen LogP contribution is -2.40. The summed E-state index contributed by atoms with van der Waals surface area (Å²) in [5.74, 6) is 1.21. The molecule has 2 aliphatic rings. The lowest BCUT2D eigenvalue weighted by molar-refractivity contribution is -0.175. The SMILES string of the molecule is C#CCOC[C@@H]1OC(C)(C)O[C@H]1[C@@H]1COC(C)(C)O1. The number of terminal acetylenes is 1. The fraction of sp³-hybridized carbons (Fsp3) is 0.857. The fourth-order valence-corrected chi connectivity index (χ4v) is 2.42. The first kappa shape index (κ1) is 14.8. The van der Waals surface area contributed by atoms with E-state index in [9.17, 15) is 0 Å². The van der Waals surface area contributed by atoms with Crippen molar-refractivity contribution in [3.8, 4) is 12.3 Å². The van der Waals surface area contributed by atoms with Crippen LogP contribution in [0.25, 0.3) is 0 Å². The molecule has 0 aromatic heterocycles. The van der Waals surface area contributed by atoms with Crippen LogP contribution in [0.15, 0.2) is 0 Å². The summed E-state index contributed by atoms with van der Waals surface area (Å²) < 4.78 is 28.5. The second-order valence-corrected chi connectivity index (χ2v) is 5.72. The van der Waals surface area contributed by atoms with Crippen molar-refractivity contribution in [1.29, 1.82) is 0 Å². The highest BCUT2D eigenvalue weighted by molar-refractivity contribution is 4.91. The zero-order chi connectivity index (χ0) is 14.1. The van der Waals surface area contributed by atoms with Gasteiger partial charge in [-0.15, -0.1) is 6.42 Å². The minimum absolute atomic E-state index is 0.156. The Morgan fingerprint density at radius 3 is 2.47 bits per heavy atom. The Morgan fingerprint density at radius 1 is 1.16 bits per heavy atom. The van der Waals surface area contributed by atoms with E-state index in [1.165, 1.54) is 0 Å². The molecule has 5 heteroatoms. The smallest absolute Gasteiger partial charge is 0.164 e. The van der Waals surface area contributed by atoms with Crippen LogP contribution in [0.2, 0.25) is 0 Å². The minimum atomic E-state index is -0.648. The van der Waals surface area contributed by atoms with Gasteiger partial charge < -0.3 is 23.7 Å². The highest BCUT2D eigenvalue weighted by Gasteiger charge is 2.49. The van der Waals surface area contributed by atoms with Crippen LogP contribution < -0.4 is 0 Å². The monoisotopic (exact) mass is 270 g/mol. The first-order chi connectivity index (χ1) is 8.83. The van der Waals surface area contributed by atoms with E-state index in [0.717, 1.165) is 0 Å². The summed E-state index contributed by atoms with van der Waals surface area (Å²) >= 11 is 0. The van der Waals surface area contributed by atoms with Crippen molar-refractivity contribution in [2.45, 2.75) is 57.6 Å². The maximum absolute atomic E-state index is 5.91. The normalized spacial score (nSPS) is 36.3. The maximum atomic E-state index is 5.91. The highest BCUT2D eigenvalue weighted by Crippen LogP contribution is 2.35. The molecule has 2 heterocycles. The minimum Gasteiger partial charge on any atom is -0.366 e. The van der Waals surface area contributed by atoms with Gasteiger partial charge in [0.2, 0.25) is 0 Å². The van der Waals surface area contributed by atoms with Crippen LogP contribution in [0.1, 0.15) is 27.7 Å². The lowest BCUT2D eigenvalue weighted by Gasteiger charge is -2.23. The van der Waals surface area contributed by atoms with Gasteiger partial charge in [0.05, 0.1) is 13.2 Å². The zero-order valence-corrected chi connectivity index (χ0v) is 12.0. The van der Waals surface area contributed by atoms with Crippen LogP contribution in [0.3, 0.4) is 0 Å². The first-order valence-corrected chi connectivity index (χ1v) is 6.52. The van der Waals surface area contributed by atoms with E-state index in [1.807, 2.05) is 27.7 Å². The predicted octanol–water partition coefficient (Wildman–Crippen LogP) is 1.31. The molecule has 0 amide bonds.